The SMILES string of the molecule is CC(C)CC1(c2ccccc2)NC(=O)N(CN2CCN(c3cc(C#N)ccn3)CC2)C1=O. The van der Waals surface area contributed by atoms with E-state index < -0.39 is 5.54 Å². The van der Waals surface area contributed by atoms with Crippen molar-refractivity contribution >= 4 is 17.8 Å². The molecule has 0 aliphatic carbocycles. The molecule has 3 heterocycles. The molecule has 0 saturated carbocycles. The van der Waals surface area contributed by atoms with Crippen LogP contribution in [-0.2, 0) is 10.3 Å². The molecule has 2 fully saturated rings. The summed E-state index contributed by atoms with van der Waals surface area (Å²) in [6.07, 6.45) is 2.19. The van der Waals surface area contributed by atoms with Crippen LogP contribution in [0.5, 0.6) is 0 Å². The lowest BCUT2D eigenvalue weighted by Gasteiger charge is -2.36. The Bertz CT molecular complexity index is 1030. The Morgan fingerprint density at radius 1 is 1.12 bits per heavy atom. The molecule has 4 rings (SSSR count). The maximum atomic E-state index is 13.6. The third-order valence-electron chi connectivity index (χ3n) is 6.07. The Kier molecular flexibility index (Phi) is 6.10. The number of piperazine rings is 1. The summed E-state index contributed by atoms with van der Waals surface area (Å²) in [6.45, 7) is 7.18. The van der Waals surface area contributed by atoms with E-state index >= 15 is 0 Å². The molecule has 2 saturated heterocycles. The van der Waals surface area contributed by atoms with Crippen molar-refractivity contribution in [2.45, 2.75) is 25.8 Å². The van der Waals surface area contributed by atoms with Gasteiger partial charge in [0.15, 0.2) is 0 Å². The van der Waals surface area contributed by atoms with Crippen LogP contribution in [0.2, 0.25) is 0 Å². The van der Waals surface area contributed by atoms with Crippen molar-refractivity contribution < 1.29 is 9.59 Å². The minimum Gasteiger partial charge on any atom is -0.354 e. The number of carbonyl (C=O) groups is 2. The molecule has 0 radical (unpaired) electrons. The lowest BCUT2D eigenvalue weighted by molar-refractivity contribution is -0.133. The molecule has 8 nitrogen and oxygen atoms in total. The zero-order valence-corrected chi connectivity index (χ0v) is 18.5. The minimum absolute atomic E-state index is 0.187. The summed E-state index contributed by atoms with van der Waals surface area (Å²) < 4.78 is 0. The molecular formula is C24H28N6O2. The summed E-state index contributed by atoms with van der Waals surface area (Å²) in [7, 11) is 0. The van der Waals surface area contributed by atoms with Gasteiger partial charge in [0.2, 0.25) is 0 Å². The van der Waals surface area contributed by atoms with E-state index in [0.717, 1.165) is 11.4 Å². The quantitative estimate of drug-likeness (QED) is 0.705. The van der Waals surface area contributed by atoms with E-state index in [1.807, 2.05) is 30.3 Å². The number of rotatable bonds is 6. The van der Waals surface area contributed by atoms with E-state index in [9.17, 15) is 9.59 Å². The van der Waals surface area contributed by atoms with Gasteiger partial charge in [-0.05, 0) is 30.0 Å². The molecule has 0 spiro atoms. The second-order valence-corrected chi connectivity index (χ2v) is 8.79. The van der Waals surface area contributed by atoms with Crippen LogP contribution in [0.4, 0.5) is 10.6 Å². The highest BCUT2D eigenvalue weighted by atomic mass is 16.2. The molecule has 2 aromatic rings. The monoisotopic (exact) mass is 432 g/mol. The van der Waals surface area contributed by atoms with Crippen molar-refractivity contribution in [3.63, 3.8) is 0 Å². The zero-order chi connectivity index (χ0) is 22.7. The van der Waals surface area contributed by atoms with Crippen LogP contribution in [0.25, 0.3) is 0 Å². The third-order valence-corrected chi connectivity index (χ3v) is 6.07. The number of amides is 3. The molecule has 1 N–H and O–H groups in total. The van der Waals surface area contributed by atoms with Crippen molar-refractivity contribution in [1.82, 2.24) is 20.1 Å². The summed E-state index contributed by atoms with van der Waals surface area (Å²) in [6, 6.07) is 14.8. The van der Waals surface area contributed by atoms with Crippen molar-refractivity contribution in [2.75, 3.05) is 37.7 Å². The number of hydrogen-bond donors (Lipinski definition) is 1. The molecule has 1 atom stereocenters. The Labute approximate surface area is 188 Å². The number of aromatic nitrogens is 1. The Morgan fingerprint density at radius 2 is 1.84 bits per heavy atom. The molecule has 8 heteroatoms. The fourth-order valence-corrected chi connectivity index (χ4v) is 4.52. The van der Waals surface area contributed by atoms with E-state index in [2.05, 4.69) is 40.0 Å². The number of carbonyl (C=O) groups excluding carboxylic acids is 2. The highest BCUT2D eigenvalue weighted by Crippen LogP contribution is 2.35. The van der Waals surface area contributed by atoms with Gasteiger partial charge in [0.05, 0.1) is 18.3 Å². The van der Waals surface area contributed by atoms with Crippen molar-refractivity contribution in [1.29, 1.82) is 5.26 Å². The topological polar surface area (TPSA) is 92.6 Å². The predicted molar refractivity (Wildman–Crippen MR) is 121 cm³/mol. The van der Waals surface area contributed by atoms with Gasteiger partial charge in [0, 0.05) is 32.4 Å². The normalized spacial score (nSPS) is 21.7. The maximum absolute atomic E-state index is 13.6. The molecule has 1 unspecified atom stereocenters. The number of imide groups is 1. The summed E-state index contributed by atoms with van der Waals surface area (Å²) in [4.78, 5) is 36.4. The van der Waals surface area contributed by atoms with Gasteiger partial charge >= 0.3 is 6.03 Å². The van der Waals surface area contributed by atoms with Crippen LogP contribution < -0.4 is 10.2 Å². The van der Waals surface area contributed by atoms with Crippen LogP contribution >= 0.6 is 0 Å². The van der Waals surface area contributed by atoms with Gasteiger partial charge in [-0.2, -0.15) is 5.26 Å². The first-order valence-corrected chi connectivity index (χ1v) is 11.0. The molecule has 1 aromatic heterocycles. The largest absolute Gasteiger partial charge is 0.354 e. The summed E-state index contributed by atoms with van der Waals surface area (Å²) in [5.74, 6) is 0.826. The number of nitrogens with zero attached hydrogens (tertiary/aromatic N) is 5. The number of nitrogens with one attached hydrogen (secondary N) is 1. The van der Waals surface area contributed by atoms with Crippen LogP contribution in [-0.4, -0.2) is 59.6 Å². The number of anilines is 1. The van der Waals surface area contributed by atoms with Gasteiger partial charge in [-0.15, -0.1) is 0 Å². The molecule has 166 valence electrons. The standard InChI is InChI=1S/C24H28N6O2/c1-18(2)15-24(20-6-4-3-5-7-20)22(31)30(23(32)27-24)17-28-10-12-29(13-11-28)21-14-19(16-25)8-9-26-21/h3-9,14,18H,10-13,15,17H2,1-2H3,(H,27,32). The molecule has 2 aliphatic heterocycles. The third kappa shape index (κ3) is 4.16. The average Bonchev–Trinajstić information content (AvgIpc) is 3.04. The molecule has 0 bridgehead atoms. The second-order valence-electron chi connectivity index (χ2n) is 8.79. The van der Waals surface area contributed by atoms with Crippen molar-refractivity contribution in [3.05, 3.63) is 59.8 Å². The fourth-order valence-electron chi connectivity index (χ4n) is 4.52. The highest BCUT2D eigenvalue weighted by molar-refractivity contribution is 6.07. The molecule has 3 amide bonds. The zero-order valence-electron chi connectivity index (χ0n) is 18.5. The van der Waals surface area contributed by atoms with E-state index in [0.29, 0.717) is 38.2 Å². The first-order valence-electron chi connectivity index (χ1n) is 11.0. The van der Waals surface area contributed by atoms with Crippen LogP contribution in [0.3, 0.4) is 0 Å². The summed E-state index contributed by atoms with van der Waals surface area (Å²) >= 11 is 0. The Hall–Kier alpha value is -3.44. The summed E-state index contributed by atoms with van der Waals surface area (Å²) in [5, 5.41) is 12.1. The average molecular weight is 433 g/mol. The second kappa shape index (κ2) is 8.97. The van der Waals surface area contributed by atoms with Gasteiger partial charge in [0.1, 0.15) is 11.4 Å². The lowest BCUT2D eigenvalue weighted by Crippen LogP contribution is -2.52. The Morgan fingerprint density at radius 3 is 2.50 bits per heavy atom. The summed E-state index contributed by atoms with van der Waals surface area (Å²) in [5.41, 5.74) is 0.387. The molecular weight excluding hydrogens is 404 g/mol. The molecule has 1 aromatic carbocycles. The number of pyridine rings is 1. The first kappa shape index (κ1) is 21.8. The van der Waals surface area contributed by atoms with E-state index in [1.165, 1.54) is 4.90 Å². The van der Waals surface area contributed by atoms with Gasteiger partial charge in [0.25, 0.3) is 5.91 Å². The number of nitriles is 1. The van der Waals surface area contributed by atoms with Crippen LogP contribution in [0, 0.1) is 17.2 Å². The fraction of sp³-hybridized carbons (Fsp3) is 0.417. The number of urea groups is 1. The van der Waals surface area contributed by atoms with Gasteiger partial charge in [-0.1, -0.05) is 44.2 Å². The minimum atomic E-state index is -1.02. The van der Waals surface area contributed by atoms with E-state index in [4.69, 9.17) is 5.26 Å². The van der Waals surface area contributed by atoms with Crippen molar-refractivity contribution in [3.8, 4) is 6.07 Å². The van der Waals surface area contributed by atoms with Crippen LogP contribution in [0.1, 0.15) is 31.4 Å². The van der Waals surface area contributed by atoms with E-state index in [-0.39, 0.29) is 24.5 Å². The van der Waals surface area contributed by atoms with Crippen LogP contribution in [0.15, 0.2) is 48.7 Å². The number of hydrogen-bond acceptors (Lipinski definition) is 6. The first-order chi connectivity index (χ1) is 15.4. The number of benzene rings is 1. The lowest BCUT2D eigenvalue weighted by atomic mass is 9.82. The Balaban J connectivity index is 1.45. The molecule has 32 heavy (non-hydrogen) atoms. The van der Waals surface area contributed by atoms with Crippen molar-refractivity contribution in [2.24, 2.45) is 5.92 Å². The van der Waals surface area contributed by atoms with E-state index in [1.54, 1.807) is 18.3 Å². The predicted octanol–water partition coefficient (Wildman–Crippen LogP) is 2.53. The van der Waals surface area contributed by atoms with Gasteiger partial charge < -0.3 is 10.2 Å². The smallest absolute Gasteiger partial charge is 0.326 e. The highest BCUT2D eigenvalue weighted by Gasteiger charge is 2.52. The van der Waals surface area contributed by atoms with Gasteiger partial charge in [-0.3, -0.25) is 9.69 Å². The van der Waals surface area contributed by atoms with Gasteiger partial charge in [-0.25, -0.2) is 14.7 Å². The maximum Gasteiger partial charge on any atom is 0.326 e. The molecule has 2 aliphatic rings.